The summed E-state index contributed by atoms with van der Waals surface area (Å²) in [7, 11) is -2.44. The third-order valence-corrected chi connectivity index (χ3v) is 4.76. The summed E-state index contributed by atoms with van der Waals surface area (Å²) in [5.41, 5.74) is 2.95. The highest BCUT2D eigenvalue weighted by molar-refractivity contribution is 7.96. The number of nitrogens with zero attached hydrogens (tertiary/aromatic N) is 1. The van der Waals surface area contributed by atoms with Crippen LogP contribution in [0, 0.1) is 25.2 Å². The van der Waals surface area contributed by atoms with Gasteiger partial charge in [0.15, 0.2) is 4.91 Å². The summed E-state index contributed by atoms with van der Waals surface area (Å²) < 4.78 is 32.3. The second-order valence-electron chi connectivity index (χ2n) is 5.31. The zero-order valence-corrected chi connectivity index (χ0v) is 14.5. The second-order valence-corrected chi connectivity index (χ2v) is 6.97. The summed E-state index contributed by atoms with van der Waals surface area (Å²) in [5, 5.41) is 9.29. The molecule has 1 N–H and O–H groups in total. The summed E-state index contributed by atoms with van der Waals surface area (Å²) >= 11 is 0. The van der Waals surface area contributed by atoms with E-state index in [0.717, 1.165) is 11.1 Å². The Balaban J connectivity index is 2.35. The summed E-state index contributed by atoms with van der Waals surface area (Å²) in [6.45, 7) is 3.77. The van der Waals surface area contributed by atoms with Gasteiger partial charge in [-0.25, -0.2) is 8.42 Å². The van der Waals surface area contributed by atoms with E-state index in [2.05, 4.69) is 4.72 Å². The van der Waals surface area contributed by atoms with Gasteiger partial charge in [0.25, 0.3) is 10.0 Å². The van der Waals surface area contributed by atoms with Crippen molar-refractivity contribution in [1.82, 2.24) is 0 Å². The Morgan fingerprint density at radius 3 is 2.42 bits per heavy atom. The van der Waals surface area contributed by atoms with Crippen molar-refractivity contribution in [2.24, 2.45) is 0 Å². The topological polar surface area (TPSA) is 79.2 Å². The minimum Gasteiger partial charge on any atom is -0.497 e. The first-order valence-corrected chi connectivity index (χ1v) is 8.70. The van der Waals surface area contributed by atoms with Gasteiger partial charge >= 0.3 is 0 Å². The molecule has 0 saturated heterocycles. The van der Waals surface area contributed by atoms with Crippen LogP contribution >= 0.6 is 0 Å². The van der Waals surface area contributed by atoms with E-state index in [-0.39, 0.29) is 4.91 Å². The Hall–Kier alpha value is -2.78. The fourth-order valence-corrected chi connectivity index (χ4v) is 3.05. The molecule has 0 aliphatic rings. The molecule has 0 fully saturated rings. The third kappa shape index (κ3) is 4.15. The van der Waals surface area contributed by atoms with Crippen molar-refractivity contribution >= 4 is 21.8 Å². The highest BCUT2D eigenvalue weighted by Crippen LogP contribution is 2.21. The SMILES string of the molecule is COc1ccc(NS(=O)(=O)C(C#N)=Cc2cc(C)ccc2C)cc1. The molecule has 24 heavy (non-hydrogen) atoms. The maximum atomic E-state index is 12.5. The molecule has 0 spiro atoms. The minimum absolute atomic E-state index is 0.341. The predicted octanol–water partition coefficient (Wildman–Crippen LogP) is 3.62. The Bertz CT molecular complexity index is 908. The van der Waals surface area contributed by atoms with Gasteiger partial charge in [0.1, 0.15) is 11.8 Å². The fraction of sp³-hybridized carbons (Fsp3) is 0.167. The third-order valence-electron chi connectivity index (χ3n) is 3.46. The molecule has 0 unspecified atom stereocenters. The summed E-state index contributed by atoms with van der Waals surface area (Å²) in [6, 6.07) is 13.9. The van der Waals surface area contributed by atoms with Gasteiger partial charge in [-0.05, 0) is 55.3 Å². The van der Waals surface area contributed by atoms with E-state index in [1.165, 1.54) is 13.2 Å². The predicted molar refractivity (Wildman–Crippen MR) is 95.0 cm³/mol. The quantitative estimate of drug-likeness (QED) is 0.842. The minimum atomic E-state index is -3.96. The van der Waals surface area contributed by atoms with Crippen molar-refractivity contribution in [3.8, 4) is 11.8 Å². The van der Waals surface area contributed by atoms with E-state index in [9.17, 15) is 13.7 Å². The number of allylic oxidation sites excluding steroid dienone is 1. The number of benzene rings is 2. The molecule has 0 aliphatic heterocycles. The Labute approximate surface area is 142 Å². The lowest BCUT2D eigenvalue weighted by molar-refractivity contribution is 0.415. The molecule has 0 saturated carbocycles. The monoisotopic (exact) mass is 342 g/mol. The highest BCUT2D eigenvalue weighted by atomic mass is 32.2. The average molecular weight is 342 g/mol. The summed E-state index contributed by atoms with van der Waals surface area (Å²) in [5.74, 6) is 0.615. The van der Waals surface area contributed by atoms with Gasteiger partial charge in [-0.1, -0.05) is 23.8 Å². The average Bonchev–Trinajstić information content (AvgIpc) is 2.55. The van der Waals surface area contributed by atoms with Crippen molar-refractivity contribution in [2.75, 3.05) is 11.8 Å². The number of ether oxygens (including phenoxy) is 1. The number of anilines is 1. The van der Waals surface area contributed by atoms with Crippen LogP contribution in [-0.4, -0.2) is 15.5 Å². The summed E-state index contributed by atoms with van der Waals surface area (Å²) in [6.07, 6.45) is 1.38. The molecule has 2 rings (SSSR count). The van der Waals surface area contributed by atoms with Gasteiger partial charge in [-0.15, -0.1) is 0 Å². The number of methoxy groups -OCH3 is 1. The molecule has 0 heterocycles. The van der Waals surface area contributed by atoms with E-state index < -0.39 is 10.0 Å². The van der Waals surface area contributed by atoms with Gasteiger partial charge in [0, 0.05) is 5.69 Å². The maximum absolute atomic E-state index is 12.5. The maximum Gasteiger partial charge on any atom is 0.272 e. The van der Waals surface area contributed by atoms with E-state index >= 15 is 0 Å². The lowest BCUT2D eigenvalue weighted by Crippen LogP contribution is -2.14. The molecule has 6 heteroatoms. The number of hydrogen-bond donors (Lipinski definition) is 1. The molecule has 0 atom stereocenters. The normalized spacial score (nSPS) is 11.7. The highest BCUT2D eigenvalue weighted by Gasteiger charge is 2.18. The molecule has 5 nitrogen and oxygen atoms in total. The number of rotatable bonds is 5. The van der Waals surface area contributed by atoms with Crippen molar-refractivity contribution in [1.29, 1.82) is 5.26 Å². The van der Waals surface area contributed by atoms with E-state index in [1.807, 2.05) is 32.0 Å². The standard InChI is InChI=1S/C18H18N2O3S/c1-13-4-5-14(2)15(10-13)11-18(12-19)24(21,22)20-16-6-8-17(23-3)9-7-16/h4-11,20H,1-3H3. The number of sulfonamides is 1. The van der Waals surface area contributed by atoms with Gasteiger partial charge < -0.3 is 4.74 Å². The summed E-state index contributed by atoms with van der Waals surface area (Å²) in [4.78, 5) is -0.341. The Morgan fingerprint density at radius 1 is 1.17 bits per heavy atom. The van der Waals surface area contributed by atoms with Crippen LogP contribution in [0.1, 0.15) is 16.7 Å². The molecule has 2 aromatic rings. The van der Waals surface area contributed by atoms with Crippen LogP contribution in [0.2, 0.25) is 0 Å². The van der Waals surface area contributed by atoms with Crippen LogP contribution in [0.3, 0.4) is 0 Å². The van der Waals surface area contributed by atoms with Crippen LogP contribution < -0.4 is 9.46 Å². The van der Waals surface area contributed by atoms with Crippen molar-refractivity contribution in [2.45, 2.75) is 13.8 Å². The number of nitrogens with one attached hydrogen (secondary N) is 1. The molecule has 0 amide bonds. The van der Waals surface area contributed by atoms with Crippen LogP contribution in [0.5, 0.6) is 5.75 Å². The van der Waals surface area contributed by atoms with E-state index in [4.69, 9.17) is 4.74 Å². The lowest BCUT2D eigenvalue weighted by atomic mass is 10.1. The number of aryl methyl sites for hydroxylation is 2. The molecular weight excluding hydrogens is 324 g/mol. The van der Waals surface area contributed by atoms with Crippen molar-refractivity contribution < 1.29 is 13.2 Å². The first kappa shape index (κ1) is 17.6. The van der Waals surface area contributed by atoms with Crippen LogP contribution in [0.25, 0.3) is 6.08 Å². The van der Waals surface area contributed by atoms with Gasteiger partial charge in [0.2, 0.25) is 0 Å². The Morgan fingerprint density at radius 2 is 1.83 bits per heavy atom. The number of hydrogen-bond acceptors (Lipinski definition) is 4. The molecule has 124 valence electrons. The molecular formula is C18H18N2O3S. The number of nitriles is 1. The smallest absolute Gasteiger partial charge is 0.272 e. The van der Waals surface area contributed by atoms with Gasteiger partial charge in [0.05, 0.1) is 7.11 Å². The largest absolute Gasteiger partial charge is 0.497 e. The van der Waals surface area contributed by atoms with Crippen LogP contribution in [0.4, 0.5) is 5.69 Å². The van der Waals surface area contributed by atoms with Crippen LogP contribution in [-0.2, 0) is 10.0 Å². The van der Waals surface area contributed by atoms with E-state index in [1.54, 1.807) is 30.3 Å². The van der Waals surface area contributed by atoms with Crippen molar-refractivity contribution in [3.05, 3.63) is 64.1 Å². The Kier molecular flexibility index (Phi) is 5.27. The van der Waals surface area contributed by atoms with Gasteiger partial charge in [-0.2, -0.15) is 5.26 Å². The molecule has 0 aliphatic carbocycles. The first-order chi connectivity index (χ1) is 11.4. The van der Waals surface area contributed by atoms with Gasteiger partial charge in [-0.3, -0.25) is 4.72 Å². The molecule has 2 aromatic carbocycles. The second kappa shape index (κ2) is 7.20. The molecule has 0 radical (unpaired) electrons. The van der Waals surface area contributed by atoms with Crippen LogP contribution in [0.15, 0.2) is 47.4 Å². The van der Waals surface area contributed by atoms with Crippen molar-refractivity contribution in [3.63, 3.8) is 0 Å². The van der Waals surface area contributed by atoms with E-state index in [0.29, 0.717) is 17.0 Å². The zero-order valence-electron chi connectivity index (χ0n) is 13.7. The molecule has 0 aromatic heterocycles. The fourth-order valence-electron chi connectivity index (χ4n) is 2.10. The lowest BCUT2D eigenvalue weighted by Gasteiger charge is -2.09. The zero-order chi connectivity index (χ0) is 17.7. The molecule has 0 bridgehead atoms. The first-order valence-electron chi connectivity index (χ1n) is 7.21.